The molecule has 7 heteroatoms. The van der Waals surface area contributed by atoms with Gasteiger partial charge in [0.1, 0.15) is 5.75 Å². The lowest BCUT2D eigenvalue weighted by Gasteiger charge is -2.14. The molecule has 0 aliphatic rings. The molecular formula is C29H28N4O2S. The Morgan fingerprint density at radius 3 is 2.47 bits per heavy atom. The fourth-order valence-corrected chi connectivity index (χ4v) is 5.16. The van der Waals surface area contributed by atoms with E-state index in [1.807, 2.05) is 91.3 Å². The molecule has 36 heavy (non-hydrogen) atoms. The van der Waals surface area contributed by atoms with E-state index < -0.39 is 0 Å². The largest absolute Gasteiger partial charge is 0.494 e. The van der Waals surface area contributed by atoms with Crippen LogP contribution in [0.25, 0.3) is 28.0 Å². The van der Waals surface area contributed by atoms with Crippen molar-refractivity contribution in [1.82, 2.24) is 19.7 Å². The maximum atomic E-state index is 13.2. The molecule has 0 saturated heterocycles. The molecule has 0 bridgehead atoms. The molecule has 0 spiro atoms. The van der Waals surface area contributed by atoms with E-state index in [0.717, 1.165) is 34.3 Å². The molecule has 5 aromatic rings. The number of fused-ring (bicyclic) bond motifs is 1. The van der Waals surface area contributed by atoms with Crippen molar-refractivity contribution in [2.24, 2.45) is 0 Å². The van der Waals surface area contributed by atoms with Gasteiger partial charge in [0.05, 0.1) is 11.9 Å². The van der Waals surface area contributed by atoms with Crippen LogP contribution in [0.1, 0.15) is 36.7 Å². The van der Waals surface area contributed by atoms with Gasteiger partial charge >= 0.3 is 0 Å². The zero-order valence-corrected chi connectivity index (χ0v) is 21.4. The number of hydrogen-bond acceptors (Lipinski definition) is 5. The van der Waals surface area contributed by atoms with Crippen LogP contribution < -0.4 is 4.74 Å². The molecule has 0 aliphatic carbocycles. The standard InChI is InChI=1S/C29H28N4O2S/c1-4-20-10-12-21(13-11-20)27(34)19(3)36-29-32-31-28(25-18-30-26-9-7-6-8-24(25)26)33(29)22-14-16-23(17-15-22)35-5-2/h6-19,30H,4-5H2,1-3H3. The second kappa shape index (κ2) is 10.4. The number of ether oxygens (including phenoxy) is 1. The molecule has 2 aromatic heterocycles. The highest BCUT2D eigenvalue weighted by molar-refractivity contribution is 8.00. The zero-order valence-electron chi connectivity index (χ0n) is 20.6. The number of nitrogens with one attached hydrogen (secondary N) is 1. The molecular weight excluding hydrogens is 468 g/mol. The van der Waals surface area contributed by atoms with Crippen molar-refractivity contribution < 1.29 is 9.53 Å². The van der Waals surface area contributed by atoms with Gasteiger partial charge in [-0.15, -0.1) is 10.2 Å². The van der Waals surface area contributed by atoms with Crippen LogP contribution in [-0.4, -0.2) is 37.4 Å². The first-order valence-corrected chi connectivity index (χ1v) is 13.0. The fraction of sp³-hybridized carbons (Fsp3) is 0.207. The van der Waals surface area contributed by atoms with E-state index in [1.54, 1.807) is 0 Å². The van der Waals surface area contributed by atoms with Crippen LogP contribution in [0.3, 0.4) is 0 Å². The van der Waals surface area contributed by atoms with Gasteiger partial charge in [-0.3, -0.25) is 9.36 Å². The van der Waals surface area contributed by atoms with Crippen molar-refractivity contribution in [3.63, 3.8) is 0 Å². The highest BCUT2D eigenvalue weighted by Crippen LogP contribution is 2.34. The van der Waals surface area contributed by atoms with Gasteiger partial charge in [-0.25, -0.2) is 0 Å². The molecule has 6 nitrogen and oxygen atoms in total. The predicted octanol–water partition coefficient (Wildman–Crippen LogP) is 6.74. The number of benzene rings is 3. The maximum Gasteiger partial charge on any atom is 0.196 e. The monoisotopic (exact) mass is 496 g/mol. The van der Waals surface area contributed by atoms with E-state index >= 15 is 0 Å². The Bertz CT molecular complexity index is 1490. The van der Waals surface area contributed by atoms with E-state index in [1.165, 1.54) is 17.3 Å². The summed E-state index contributed by atoms with van der Waals surface area (Å²) < 4.78 is 7.65. The number of carbonyl (C=O) groups excluding carboxylic acids is 1. The average Bonchev–Trinajstić information content (AvgIpc) is 3.53. The molecule has 5 rings (SSSR count). The number of para-hydroxylation sites is 1. The molecule has 0 amide bonds. The summed E-state index contributed by atoms with van der Waals surface area (Å²) in [6.07, 6.45) is 2.90. The first kappa shape index (κ1) is 23.9. The van der Waals surface area contributed by atoms with Crippen LogP contribution in [0.15, 0.2) is 84.1 Å². The van der Waals surface area contributed by atoms with Crippen LogP contribution in [0.2, 0.25) is 0 Å². The second-order valence-electron chi connectivity index (χ2n) is 8.49. The summed E-state index contributed by atoms with van der Waals surface area (Å²) >= 11 is 1.41. The highest BCUT2D eigenvalue weighted by atomic mass is 32.2. The average molecular weight is 497 g/mol. The number of aromatic nitrogens is 4. The van der Waals surface area contributed by atoms with Crippen molar-refractivity contribution in [2.75, 3.05) is 6.61 Å². The van der Waals surface area contributed by atoms with Gasteiger partial charge in [-0.2, -0.15) is 0 Å². The van der Waals surface area contributed by atoms with Crippen molar-refractivity contribution in [3.8, 4) is 22.8 Å². The molecule has 1 N–H and O–H groups in total. The summed E-state index contributed by atoms with van der Waals surface area (Å²) in [5, 5.41) is 10.5. The van der Waals surface area contributed by atoms with Crippen molar-refractivity contribution >= 4 is 28.4 Å². The van der Waals surface area contributed by atoms with Gasteiger partial charge < -0.3 is 9.72 Å². The molecule has 0 saturated carbocycles. The lowest BCUT2D eigenvalue weighted by molar-refractivity contribution is 0.0994. The first-order valence-electron chi connectivity index (χ1n) is 12.1. The van der Waals surface area contributed by atoms with E-state index in [9.17, 15) is 4.79 Å². The number of hydrogen-bond donors (Lipinski definition) is 1. The first-order chi connectivity index (χ1) is 17.6. The number of Topliss-reactive ketones (excluding diaryl/α,β-unsaturated/α-hetero) is 1. The number of rotatable bonds is 9. The minimum absolute atomic E-state index is 0.0672. The SMILES string of the molecule is CCOc1ccc(-n2c(SC(C)C(=O)c3ccc(CC)cc3)nnc2-c2c[nH]c3ccccc23)cc1. The number of thioether (sulfide) groups is 1. The molecule has 0 aliphatic heterocycles. The van der Waals surface area contributed by atoms with Gasteiger partial charge in [-0.1, -0.05) is 61.2 Å². The summed E-state index contributed by atoms with van der Waals surface area (Å²) in [6, 6.07) is 23.8. The Kier molecular flexibility index (Phi) is 6.91. The third kappa shape index (κ3) is 4.66. The molecule has 0 radical (unpaired) electrons. The van der Waals surface area contributed by atoms with Crippen LogP contribution >= 0.6 is 11.8 Å². The Balaban J connectivity index is 1.53. The molecule has 0 fully saturated rings. The number of carbonyl (C=O) groups is 1. The van der Waals surface area contributed by atoms with Crippen LogP contribution in [0.4, 0.5) is 0 Å². The zero-order chi connectivity index (χ0) is 25.1. The van der Waals surface area contributed by atoms with E-state index in [-0.39, 0.29) is 11.0 Å². The Hall–Kier alpha value is -3.84. The summed E-state index contributed by atoms with van der Waals surface area (Å²) in [5.74, 6) is 1.58. The van der Waals surface area contributed by atoms with Crippen LogP contribution in [0, 0.1) is 0 Å². The fourth-order valence-electron chi connectivity index (χ4n) is 4.22. The second-order valence-corrected chi connectivity index (χ2v) is 9.80. The highest BCUT2D eigenvalue weighted by Gasteiger charge is 2.24. The predicted molar refractivity (Wildman–Crippen MR) is 145 cm³/mol. The lowest BCUT2D eigenvalue weighted by Crippen LogP contribution is -2.14. The Morgan fingerprint density at radius 1 is 1.00 bits per heavy atom. The number of nitrogens with zero attached hydrogens (tertiary/aromatic N) is 3. The van der Waals surface area contributed by atoms with Crippen LogP contribution in [0.5, 0.6) is 5.75 Å². The van der Waals surface area contributed by atoms with Crippen LogP contribution in [-0.2, 0) is 6.42 Å². The summed E-state index contributed by atoms with van der Waals surface area (Å²) in [4.78, 5) is 16.6. The van der Waals surface area contributed by atoms with Crippen molar-refractivity contribution in [1.29, 1.82) is 0 Å². The topological polar surface area (TPSA) is 72.8 Å². The molecule has 2 heterocycles. The Labute approximate surface area is 214 Å². The number of H-pyrrole nitrogens is 1. The van der Waals surface area contributed by atoms with Crippen molar-refractivity contribution in [2.45, 2.75) is 37.6 Å². The van der Waals surface area contributed by atoms with Gasteiger partial charge in [0.25, 0.3) is 0 Å². The maximum absolute atomic E-state index is 13.2. The number of aromatic amines is 1. The third-order valence-corrected chi connectivity index (χ3v) is 7.21. The van der Waals surface area contributed by atoms with Crippen molar-refractivity contribution in [3.05, 3.63) is 90.1 Å². The Morgan fingerprint density at radius 2 is 1.75 bits per heavy atom. The van der Waals surface area contributed by atoms with Gasteiger partial charge in [0.15, 0.2) is 16.8 Å². The molecule has 182 valence electrons. The molecule has 1 atom stereocenters. The molecule has 3 aromatic carbocycles. The minimum atomic E-state index is -0.334. The van der Waals surface area contributed by atoms with E-state index in [4.69, 9.17) is 4.74 Å². The number of ketones is 1. The normalized spacial score (nSPS) is 12.1. The van der Waals surface area contributed by atoms with Gasteiger partial charge in [0, 0.05) is 33.9 Å². The third-order valence-electron chi connectivity index (χ3n) is 6.17. The minimum Gasteiger partial charge on any atom is -0.494 e. The summed E-state index contributed by atoms with van der Waals surface area (Å²) in [5.41, 5.74) is 4.80. The van der Waals surface area contributed by atoms with E-state index in [2.05, 4.69) is 28.2 Å². The molecule has 1 unspecified atom stereocenters. The van der Waals surface area contributed by atoms with Gasteiger partial charge in [0.2, 0.25) is 0 Å². The quantitative estimate of drug-likeness (QED) is 0.181. The van der Waals surface area contributed by atoms with Gasteiger partial charge in [-0.05, 0) is 56.2 Å². The summed E-state index contributed by atoms with van der Waals surface area (Å²) in [7, 11) is 0. The summed E-state index contributed by atoms with van der Waals surface area (Å²) in [6.45, 7) is 6.59. The van der Waals surface area contributed by atoms with E-state index in [0.29, 0.717) is 23.2 Å². The lowest BCUT2D eigenvalue weighted by atomic mass is 10.1. The smallest absolute Gasteiger partial charge is 0.196 e. The number of aryl methyl sites for hydroxylation is 1.